The maximum atomic E-state index is 12.9. The molecule has 1 fully saturated rings. The van der Waals surface area contributed by atoms with Gasteiger partial charge in [0, 0.05) is 43.0 Å². The Morgan fingerprint density at radius 3 is 2.76 bits per heavy atom. The summed E-state index contributed by atoms with van der Waals surface area (Å²) in [6.45, 7) is 6.33. The lowest BCUT2D eigenvalue weighted by Gasteiger charge is -2.31. The van der Waals surface area contributed by atoms with Crippen LogP contribution < -0.4 is 0 Å². The molecule has 7 heteroatoms. The van der Waals surface area contributed by atoms with Gasteiger partial charge in [-0.1, -0.05) is 36.7 Å². The molecule has 1 N–H and O–H groups in total. The normalized spacial score (nSPS) is 15.1. The molecular formula is C22H26ClN5O. The first-order valence-electron chi connectivity index (χ1n) is 10.2. The number of rotatable bonds is 5. The number of H-pyrrole nitrogens is 1. The van der Waals surface area contributed by atoms with Crippen molar-refractivity contribution in [1.29, 1.82) is 0 Å². The van der Waals surface area contributed by atoms with Gasteiger partial charge in [-0.25, -0.2) is 0 Å². The summed E-state index contributed by atoms with van der Waals surface area (Å²) in [7, 11) is 0. The monoisotopic (exact) mass is 411 g/mol. The highest BCUT2D eigenvalue weighted by Crippen LogP contribution is 2.32. The topological polar surface area (TPSA) is 66.8 Å². The quantitative estimate of drug-likeness (QED) is 0.663. The Kier molecular flexibility index (Phi) is 5.72. The van der Waals surface area contributed by atoms with Crippen LogP contribution in [-0.2, 0) is 6.54 Å². The van der Waals surface area contributed by atoms with Crippen LogP contribution in [0, 0.1) is 6.92 Å². The predicted molar refractivity (Wildman–Crippen MR) is 114 cm³/mol. The molecule has 0 spiro atoms. The standard InChI is InChI=1S/C22H26ClN5O/c1-3-10-28-14-18(15(2)26-28)22(29)27-11-8-16(9-12-27)20-13-21(25-24-20)17-6-4-5-7-19(17)23/h4-7,13-14,16H,3,8-12H2,1-2H3,(H,24,25). The molecule has 6 nitrogen and oxygen atoms in total. The van der Waals surface area contributed by atoms with Crippen molar-refractivity contribution in [1.82, 2.24) is 24.9 Å². The molecule has 2 aromatic heterocycles. The predicted octanol–water partition coefficient (Wildman–Crippen LogP) is 4.66. The van der Waals surface area contributed by atoms with Crippen molar-refractivity contribution < 1.29 is 4.79 Å². The molecule has 0 unspecified atom stereocenters. The van der Waals surface area contributed by atoms with Crippen molar-refractivity contribution in [2.45, 2.75) is 45.6 Å². The van der Waals surface area contributed by atoms with Gasteiger partial charge in [0.1, 0.15) is 0 Å². The number of halogens is 1. The summed E-state index contributed by atoms with van der Waals surface area (Å²) in [5.41, 5.74) is 4.44. The third kappa shape index (κ3) is 4.08. The molecule has 0 radical (unpaired) electrons. The van der Waals surface area contributed by atoms with Crippen LogP contribution in [0.15, 0.2) is 36.5 Å². The van der Waals surface area contributed by atoms with E-state index in [-0.39, 0.29) is 5.91 Å². The summed E-state index contributed by atoms with van der Waals surface area (Å²) in [6.07, 6.45) is 4.72. The second-order valence-electron chi connectivity index (χ2n) is 7.65. The minimum Gasteiger partial charge on any atom is -0.338 e. The van der Waals surface area contributed by atoms with E-state index in [4.69, 9.17) is 11.6 Å². The fourth-order valence-corrected chi connectivity index (χ4v) is 4.22. The highest BCUT2D eigenvalue weighted by molar-refractivity contribution is 6.33. The van der Waals surface area contributed by atoms with Crippen LogP contribution in [0.1, 0.15) is 53.8 Å². The van der Waals surface area contributed by atoms with E-state index in [1.165, 1.54) is 0 Å². The summed E-state index contributed by atoms with van der Waals surface area (Å²) in [6, 6.07) is 9.82. The second-order valence-corrected chi connectivity index (χ2v) is 8.05. The van der Waals surface area contributed by atoms with E-state index in [2.05, 4.69) is 28.3 Å². The Hall–Kier alpha value is -2.60. The molecule has 3 aromatic rings. The molecule has 29 heavy (non-hydrogen) atoms. The van der Waals surface area contributed by atoms with Gasteiger partial charge in [-0.2, -0.15) is 10.2 Å². The van der Waals surface area contributed by atoms with Gasteiger partial charge >= 0.3 is 0 Å². The molecule has 1 saturated heterocycles. The van der Waals surface area contributed by atoms with Gasteiger partial charge in [0.25, 0.3) is 5.91 Å². The second kappa shape index (κ2) is 8.41. The number of aromatic nitrogens is 4. The van der Waals surface area contributed by atoms with Crippen LogP contribution in [0.2, 0.25) is 5.02 Å². The Labute approximate surface area is 175 Å². The molecular weight excluding hydrogens is 386 g/mol. The lowest BCUT2D eigenvalue weighted by atomic mass is 9.92. The summed E-state index contributed by atoms with van der Waals surface area (Å²) < 4.78 is 1.87. The van der Waals surface area contributed by atoms with Crippen LogP contribution in [0.3, 0.4) is 0 Å². The molecule has 0 bridgehead atoms. The van der Waals surface area contributed by atoms with Gasteiger partial charge in [-0.05, 0) is 38.3 Å². The highest BCUT2D eigenvalue weighted by atomic mass is 35.5. The SMILES string of the molecule is CCCn1cc(C(=O)N2CCC(c3cc(-c4ccccc4Cl)n[nH]3)CC2)c(C)n1. The Morgan fingerprint density at radius 2 is 2.03 bits per heavy atom. The third-order valence-corrected chi connectivity index (χ3v) is 5.93. The van der Waals surface area contributed by atoms with Crippen LogP contribution in [-0.4, -0.2) is 43.9 Å². The van der Waals surface area contributed by atoms with Crippen molar-refractivity contribution in [3.05, 3.63) is 58.5 Å². The van der Waals surface area contributed by atoms with Crippen molar-refractivity contribution in [3.8, 4) is 11.3 Å². The minimum absolute atomic E-state index is 0.0877. The average molecular weight is 412 g/mol. The van der Waals surface area contributed by atoms with E-state index in [1.54, 1.807) is 0 Å². The van der Waals surface area contributed by atoms with E-state index < -0.39 is 0 Å². The van der Waals surface area contributed by atoms with E-state index in [0.717, 1.165) is 67.1 Å². The number of carbonyl (C=O) groups is 1. The largest absolute Gasteiger partial charge is 0.338 e. The number of hydrogen-bond acceptors (Lipinski definition) is 3. The highest BCUT2D eigenvalue weighted by Gasteiger charge is 2.27. The van der Waals surface area contributed by atoms with Crippen molar-refractivity contribution >= 4 is 17.5 Å². The fourth-order valence-electron chi connectivity index (χ4n) is 3.99. The minimum atomic E-state index is 0.0877. The van der Waals surface area contributed by atoms with Gasteiger partial charge < -0.3 is 4.90 Å². The number of nitrogens with one attached hydrogen (secondary N) is 1. The Balaban J connectivity index is 1.41. The molecule has 1 aromatic carbocycles. The summed E-state index contributed by atoms with van der Waals surface area (Å²) in [5.74, 6) is 0.455. The number of benzene rings is 1. The number of likely N-dealkylation sites (tertiary alicyclic amines) is 1. The summed E-state index contributed by atoms with van der Waals surface area (Å²) in [5, 5.41) is 12.8. The number of nitrogens with zero attached hydrogens (tertiary/aromatic N) is 4. The first-order valence-corrected chi connectivity index (χ1v) is 10.6. The molecule has 1 aliphatic heterocycles. The third-order valence-electron chi connectivity index (χ3n) is 5.60. The molecule has 0 saturated carbocycles. The van der Waals surface area contributed by atoms with E-state index in [0.29, 0.717) is 10.9 Å². The average Bonchev–Trinajstić information content (AvgIpc) is 3.35. The molecule has 1 amide bonds. The zero-order valence-corrected chi connectivity index (χ0v) is 17.6. The smallest absolute Gasteiger partial charge is 0.257 e. The maximum absolute atomic E-state index is 12.9. The van der Waals surface area contributed by atoms with Gasteiger partial charge in [-0.3, -0.25) is 14.6 Å². The zero-order chi connectivity index (χ0) is 20.4. The Morgan fingerprint density at radius 1 is 1.28 bits per heavy atom. The maximum Gasteiger partial charge on any atom is 0.257 e. The molecule has 1 aliphatic rings. The van der Waals surface area contributed by atoms with Crippen LogP contribution in [0.25, 0.3) is 11.3 Å². The van der Waals surface area contributed by atoms with Crippen molar-refractivity contribution in [2.75, 3.05) is 13.1 Å². The summed E-state index contributed by atoms with van der Waals surface area (Å²) >= 11 is 6.30. The van der Waals surface area contributed by atoms with Crippen LogP contribution in [0.4, 0.5) is 0 Å². The lowest BCUT2D eigenvalue weighted by molar-refractivity contribution is 0.0711. The Bertz CT molecular complexity index is 1000. The number of piperidine rings is 1. The van der Waals surface area contributed by atoms with Crippen LogP contribution in [0.5, 0.6) is 0 Å². The fraction of sp³-hybridized carbons (Fsp3) is 0.409. The van der Waals surface area contributed by atoms with E-state index in [1.807, 2.05) is 47.0 Å². The van der Waals surface area contributed by atoms with Crippen molar-refractivity contribution in [2.24, 2.45) is 0 Å². The van der Waals surface area contributed by atoms with E-state index in [9.17, 15) is 4.79 Å². The van der Waals surface area contributed by atoms with Gasteiger partial charge in [0.05, 0.1) is 22.0 Å². The van der Waals surface area contributed by atoms with E-state index >= 15 is 0 Å². The lowest BCUT2D eigenvalue weighted by Crippen LogP contribution is -2.38. The molecule has 4 rings (SSSR count). The molecule has 0 atom stereocenters. The zero-order valence-electron chi connectivity index (χ0n) is 16.9. The molecule has 152 valence electrons. The first-order chi connectivity index (χ1) is 14.1. The summed E-state index contributed by atoms with van der Waals surface area (Å²) in [4.78, 5) is 14.9. The van der Waals surface area contributed by atoms with Crippen LogP contribution >= 0.6 is 11.6 Å². The van der Waals surface area contributed by atoms with Gasteiger partial charge in [0.15, 0.2) is 0 Å². The number of carbonyl (C=O) groups excluding carboxylic acids is 1. The molecule has 0 aliphatic carbocycles. The van der Waals surface area contributed by atoms with Gasteiger partial charge in [0.2, 0.25) is 0 Å². The van der Waals surface area contributed by atoms with Gasteiger partial charge in [-0.15, -0.1) is 0 Å². The number of hydrogen-bond donors (Lipinski definition) is 1. The first kappa shape index (κ1) is 19.7. The number of aryl methyl sites for hydroxylation is 2. The molecule has 3 heterocycles. The van der Waals surface area contributed by atoms with Crippen molar-refractivity contribution in [3.63, 3.8) is 0 Å². The number of aromatic amines is 1. The number of amides is 1.